The van der Waals surface area contributed by atoms with Crippen LogP contribution in [0.1, 0.15) is 45.4 Å². The second-order valence-electron chi connectivity index (χ2n) is 9.66. The highest BCUT2D eigenvalue weighted by Crippen LogP contribution is 2.43. The Kier molecular flexibility index (Phi) is 6.76. The summed E-state index contributed by atoms with van der Waals surface area (Å²) in [6.45, 7) is 5.25. The Morgan fingerprint density at radius 1 is 1.13 bits per heavy atom. The molecule has 3 heterocycles. The molecule has 4 rings (SSSR count). The Bertz CT molecular complexity index is 658. The minimum Gasteiger partial charge on any atom is -0.378 e. The molecule has 3 atom stereocenters. The molecule has 176 valence electrons. The maximum absolute atomic E-state index is 13.9. The predicted octanol–water partition coefficient (Wildman–Crippen LogP) is 1.36. The van der Waals surface area contributed by atoms with Crippen LogP contribution in [0.3, 0.4) is 0 Å². The first kappa shape index (κ1) is 22.8. The SMILES string of the molecule is COC1(OC)CO[C@@H]2CCN(C(=O)C(CC3(C)CCCC3)NC(=O)N3CCOCC3)[C@@H]21. The van der Waals surface area contributed by atoms with E-state index in [4.69, 9.17) is 18.9 Å². The lowest BCUT2D eigenvalue weighted by atomic mass is 9.81. The van der Waals surface area contributed by atoms with Gasteiger partial charge in [0.2, 0.25) is 11.7 Å². The van der Waals surface area contributed by atoms with Crippen molar-refractivity contribution in [3.63, 3.8) is 0 Å². The number of hydrogen-bond donors (Lipinski definition) is 1. The molecule has 4 aliphatic rings. The number of fused-ring (bicyclic) bond motifs is 1. The van der Waals surface area contributed by atoms with Crippen molar-refractivity contribution < 1.29 is 28.5 Å². The van der Waals surface area contributed by atoms with Crippen LogP contribution in [0.2, 0.25) is 0 Å². The summed E-state index contributed by atoms with van der Waals surface area (Å²) in [7, 11) is 3.18. The molecule has 0 bridgehead atoms. The average molecular weight is 440 g/mol. The summed E-state index contributed by atoms with van der Waals surface area (Å²) in [5.41, 5.74) is 0.0590. The number of carbonyl (C=O) groups excluding carboxylic acids is 2. The van der Waals surface area contributed by atoms with Crippen LogP contribution in [0, 0.1) is 5.41 Å². The van der Waals surface area contributed by atoms with Crippen molar-refractivity contribution in [2.75, 3.05) is 53.7 Å². The van der Waals surface area contributed by atoms with E-state index in [1.165, 1.54) is 12.8 Å². The first-order valence-electron chi connectivity index (χ1n) is 11.6. The van der Waals surface area contributed by atoms with Gasteiger partial charge in [0.1, 0.15) is 18.7 Å². The number of methoxy groups -OCH3 is 2. The number of likely N-dealkylation sites (tertiary alicyclic amines) is 1. The molecule has 3 saturated heterocycles. The van der Waals surface area contributed by atoms with Gasteiger partial charge in [-0.3, -0.25) is 4.79 Å². The Morgan fingerprint density at radius 2 is 1.81 bits per heavy atom. The van der Waals surface area contributed by atoms with Crippen molar-refractivity contribution in [3.05, 3.63) is 0 Å². The van der Waals surface area contributed by atoms with Gasteiger partial charge >= 0.3 is 6.03 Å². The third-order valence-electron chi connectivity index (χ3n) is 7.67. The minimum absolute atomic E-state index is 0.0590. The summed E-state index contributed by atoms with van der Waals surface area (Å²) in [5.74, 6) is -1.03. The molecule has 0 aromatic rings. The van der Waals surface area contributed by atoms with Crippen LogP contribution in [0.4, 0.5) is 4.79 Å². The van der Waals surface area contributed by atoms with E-state index in [1.54, 1.807) is 19.1 Å². The summed E-state index contributed by atoms with van der Waals surface area (Å²) in [5, 5.41) is 3.08. The molecule has 1 aliphatic carbocycles. The molecule has 0 aromatic carbocycles. The molecule has 1 saturated carbocycles. The highest BCUT2D eigenvalue weighted by atomic mass is 16.7. The smallest absolute Gasteiger partial charge is 0.318 e. The normalized spacial score (nSPS) is 30.3. The third kappa shape index (κ3) is 4.42. The summed E-state index contributed by atoms with van der Waals surface area (Å²) >= 11 is 0. The monoisotopic (exact) mass is 439 g/mol. The van der Waals surface area contributed by atoms with Gasteiger partial charge < -0.3 is 34.1 Å². The third-order valence-corrected chi connectivity index (χ3v) is 7.67. The van der Waals surface area contributed by atoms with Crippen molar-refractivity contribution in [2.45, 2.75) is 69.4 Å². The maximum atomic E-state index is 13.9. The fourth-order valence-corrected chi connectivity index (χ4v) is 5.79. The van der Waals surface area contributed by atoms with Crippen molar-refractivity contribution in [2.24, 2.45) is 5.41 Å². The Hall–Kier alpha value is -1.42. The van der Waals surface area contributed by atoms with Crippen LogP contribution >= 0.6 is 0 Å². The fraction of sp³-hybridized carbons (Fsp3) is 0.909. The Morgan fingerprint density at radius 3 is 2.45 bits per heavy atom. The molecule has 3 aliphatic heterocycles. The molecular weight excluding hydrogens is 402 g/mol. The Labute approximate surface area is 184 Å². The number of ether oxygens (including phenoxy) is 4. The number of nitrogens with one attached hydrogen (secondary N) is 1. The lowest BCUT2D eigenvalue weighted by molar-refractivity contribution is -0.227. The zero-order valence-corrected chi connectivity index (χ0v) is 19.1. The highest BCUT2D eigenvalue weighted by Gasteiger charge is 2.58. The highest BCUT2D eigenvalue weighted by molar-refractivity contribution is 5.87. The number of amides is 3. The zero-order valence-electron chi connectivity index (χ0n) is 19.1. The van der Waals surface area contributed by atoms with Gasteiger partial charge in [0, 0.05) is 33.9 Å². The molecule has 0 radical (unpaired) electrons. The fourth-order valence-electron chi connectivity index (χ4n) is 5.79. The van der Waals surface area contributed by atoms with Gasteiger partial charge in [-0.25, -0.2) is 4.79 Å². The second kappa shape index (κ2) is 9.21. The van der Waals surface area contributed by atoms with Gasteiger partial charge in [0.05, 0.1) is 19.3 Å². The largest absolute Gasteiger partial charge is 0.378 e. The number of rotatable bonds is 6. The number of hydrogen-bond acceptors (Lipinski definition) is 6. The first-order chi connectivity index (χ1) is 14.9. The van der Waals surface area contributed by atoms with E-state index in [2.05, 4.69) is 12.2 Å². The van der Waals surface area contributed by atoms with Crippen molar-refractivity contribution in [1.82, 2.24) is 15.1 Å². The molecule has 1 N–H and O–H groups in total. The summed E-state index contributed by atoms with van der Waals surface area (Å²) in [6, 6.07) is -1.08. The predicted molar refractivity (Wildman–Crippen MR) is 113 cm³/mol. The van der Waals surface area contributed by atoms with Crippen LogP contribution in [0.15, 0.2) is 0 Å². The van der Waals surface area contributed by atoms with Crippen molar-refractivity contribution in [3.8, 4) is 0 Å². The summed E-state index contributed by atoms with van der Waals surface area (Å²) in [4.78, 5) is 30.4. The van der Waals surface area contributed by atoms with Crippen LogP contribution in [-0.2, 0) is 23.7 Å². The van der Waals surface area contributed by atoms with E-state index < -0.39 is 11.8 Å². The quantitative estimate of drug-likeness (QED) is 0.629. The number of nitrogens with zero attached hydrogens (tertiary/aromatic N) is 2. The molecule has 1 unspecified atom stereocenters. The van der Waals surface area contributed by atoms with Gasteiger partial charge in [-0.2, -0.15) is 0 Å². The lowest BCUT2D eigenvalue weighted by Crippen LogP contribution is -2.60. The van der Waals surface area contributed by atoms with Crippen LogP contribution in [0.5, 0.6) is 0 Å². The van der Waals surface area contributed by atoms with Gasteiger partial charge in [0.25, 0.3) is 0 Å². The maximum Gasteiger partial charge on any atom is 0.318 e. The molecule has 9 nitrogen and oxygen atoms in total. The van der Waals surface area contributed by atoms with Crippen LogP contribution < -0.4 is 5.32 Å². The number of morpholine rings is 1. The molecule has 31 heavy (non-hydrogen) atoms. The van der Waals surface area contributed by atoms with E-state index in [1.807, 2.05) is 4.90 Å². The zero-order chi connectivity index (χ0) is 22.1. The van der Waals surface area contributed by atoms with Gasteiger partial charge in [0.15, 0.2) is 0 Å². The van der Waals surface area contributed by atoms with Crippen molar-refractivity contribution in [1.29, 1.82) is 0 Å². The number of carbonyl (C=O) groups is 2. The summed E-state index contributed by atoms with van der Waals surface area (Å²) in [6.07, 6.45) is 5.79. The molecule has 9 heteroatoms. The van der Waals surface area contributed by atoms with Crippen molar-refractivity contribution >= 4 is 11.9 Å². The van der Waals surface area contributed by atoms with Crippen LogP contribution in [0.25, 0.3) is 0 Å². The van der Waals surface area contributed by atoms with E-state index in [9.17, 15) is 9.59 Å². The van der Waals surface area contributed by atoms with Crippen LogP contribution in [-0.4, -0.2) is 99.4 Å². The average Bonchev–Trinajstić information content (AvgIpc) is 3.49. The number of urea groups is 1. The molecule has 4 fully saturated rings. The Balaban J connectivity index is 1.53. The molecular formula is C22H37N3O6. The van der Waals surface area contributed by atoms with E-state index in [-0.39, 0.29) is 29.5 Å². The lowest BCUT2D eigenvalue weighted by Gasteiger charge is -2.39. The molecule has 3 amide bonds. The van der Waals surface area contributed by atoms with E-state index >= 15 is 0 Å². The van der Waals surface area contributed by atoms with Gasteiger partial charge in [-0.15, -0.1) is 0 Å². The first-order valence-corrected chi connectivity index (χ1v) is 11.6. The standard InChI is InChI=1S/C22H37N3O6/c1-21(7-4-5-8-21)14-16(23-20(27)24-10-12-30-13-11-24)19(26)25-9-6-17-18(25)22(28-2,29-3)15-31-17/h16-18H,4-15H2,1-3H3,(H,23,27)/t16?,17-,18+/m1/s1. The minimum atomic E-state index is -0.965. The van der Waals surface area contributed by atoms with E-state index in [0.29, 0.717) is 45.9 Å². The molecule has 0 spiro atoms. The summed E-state index contributed by atoms with van der Waals surface area (Å²) < 4.78 is 22.7. The van der Waals surface area contributed by atoms with Gasteiger partial charge in [-0.05, 0) is 31.1 Å². The topological polar surface area (TPSA) is 89.6 Å². The molecule has 0 aromatic heterocycles. The van der Waals surface area contributed by atoms with Gasteiger partial charge in [-0.1, -0.05) is 19.8 Å². The second-order valence-corrected chi connectivity index (χ2v) is 9.66. The van der Waals surface area contributed by atoms with E-state index in [0.717, 1.165) is 19.3 Å².